The van der Waals surface area contributed by atoms with Crippen LogP contribution in [-0.4, -0.2) is 28.0 Å². The Morgan fingerprint density at radius 1 is 1.00 bits per heavy atom. The van der Waals surface area contributed by atoms with Gasteiger partial charge in [-0.15, -0.1) is 0 Å². The van der Waals surface area contributed by atoms with Crippen LogP contribution in [0, 0.1) is 6.92 Å². The average Bonchev–Trinajstić information content (AvgIpc) is 3.18. The SMILES string of the molecule is COc1ccc(-c2cc(Nc3ccccc3C(=O)O)n(-c3ccc(C)cc3)n2)cc1. The highest BCUT2D eigenvalue weighted by atomic mass is 16.5. The molecule has 0 aliphatic carbocycles. The zero-order chi connectivity index (χ0) is 21.1. The number of rotatable bonds is 6. The molecule has 0 saturated carbocycles. The number of ether oxygens (including phenoxy) is 1. The van der Waals surface area contributed by atoms with Gasteiger partial charge in [-0.3, -0.25) is 0 Å². The van der Waals surface area contributed by atoms with Crippen LogP contribution in [0.3, 0.4) is 0 Å². The fourth-order valence-corrected chi connectivity index (χ4v) is 3.17. The number of para-hydroxylation sites is 1. The second-order valence-electron chi connectivity index (χ2n) is 6.87. The molecule has 2 N–H and O–H groups in total. The molecule has 150 valence electrons. The van der Waals surface area contributed by atoms with Crippen molar-refractivity contribution in [3.8, 4) is 22.7 Å². The maximum atomic E-state index is 11.6. The third-order valence-electron chi connectivity index (χ3n) is 4.79. The molecule has 3 aromatic carbocycles. The van der Waals surface area contributed by atoms with Crippen LogP contribution in [-0.2, 0) is 0 Å². The molecule has 0 atom stereocenters. The molecule has 0 aliphatic rings. The zero-order valence-electron chi connectivity index (χ0n) is 16.7. The lowest BCUT2D eigenvalue weighted by Crippen LogP contribution is -2.06. The molecule has 4 aromatic rings. The summed E-state index contributed by atoms with van der Waals surface area (Å²) in [6, 6.07) is 24.3. The van der Waals surface area contributed by atoms with E-state index in [0.29, 0.717) is 11.5 Å². The number of carbonyl (C=O) groups is 1. The lowest BCUT2D eigenvalue weighted by Gasteiger charge is -2.12. The molecular weight excluding hydrogens is 378 g/mol. The molecule has 0 amide bonds. The van der Waals surface area contributed by atoms with E-state index in [9.17, 15) is 9.90 Å². The Hall–Kier alpha value is -4.06. The predicted molar refractivity (Wildman–Crippen MR) is 117 cm³/mol. The van der Waals surface area contributed by atoms with Crippen LogP contribution in [0.1, 0.15) is 15.9 Å². The second-order valence-corrected chi connectivity index (χ2v) is 6.87. The first-order valence-corrected chi connectivity index (χ1v) is 9.46. The summed E-state index contributed by atoms with van der Waals surface area (Å²) < 4.78 is 7.01. The summed E-state index contributed by atoms with van der Waals surface area (Å²) in [4.78, 5) is 11.6. The largest absolute Gasteiger partial charge is 0.497 e. The molecule has 0 fully saturated rings. The van der Waals surface area contributed by atoms with Gasteiger partial charge in [0.2, 0.25) is 0 Å². The number of hydrogen-bond acceptors (Lipinski definition) is 4. The number of nitrogens with zero attached hydrogens (tertiary/aromatic N) is 2. The van der Waals surface area contributed by atoms with Crippen LogP contribution in [0.15, 0.2) is 78.9 Å². The average molecular weight is 399 g/mol. The van der Waals surface area contributed by atoms with Gasteiger partial charge in [-0.05, 0) is 55.5 Å². The minimum absolute atomic E-state index is 0.195. The maximum absolute atomic E-state index is 11.6. The van der Waals surface area contributed by atoms with E-state index in [1.54, 1.807) is 36.1 Å². The van der Waals surface area contributed by atoms with E-state index in [4.69, 9.17) is 9.84 Å². The number of carboxylic acids is 1. The monoisotopic (exact) mass is 399 g/mol. The summed E-state index contributed by atoms with van der Waals surface area (Å²) in [5.41, 5.74) is 4.40. The van der Waals surface area contributed by atoms with E-state index in [2.05, 4.69) is 5.32 Å². The standard InChI is InChI=1S/C24H21N3O3/c1-16-7-11-18(12-8-16)27-23(25-21-6-4-3-5-20(21)24(28)29)15-22(26-27)17-9-13-19(30-2)14-10-17/h3-15,25H,1-2H3,(H,28,29). The summed E-state index contributed by atoms with van der Waals surface area (Å²) >= 11 is 0. The number of carboxylic acid groups (broad SMARTS) is 1. The van der Waals surface area contributed by atoms with Gasteiger partial charge >= 0.3 is 5.97 Å². The van der Waals surface area contributed by atoms with Crippen molar-refractivity contribution in [1.29, 1.82) is 0 Å². The van der Waals surface area contributed by atoms with Crippen molar-refractivity contribution < 1.29 is 14.6 Å². The van der Waals surface area contributed by atoms with E-state index in [-0.39, 0.29) is 5.56 Å². The molecule has 0 radical (unpaired) electrons. The van der Waals surface area contributed by atoms with Crippen LogP contribution in [0.5, 0.6) is 5.75 Å². The van der Waals surface area contributed by atoms with Gasteiger partial charge in [-0.25, -0.2) is 9.48 Å². The van der Waals surface area contributed by atoms with E-state index >= 15 is 0 Å². The molecule has 0 unspecified atom stereocenters. The van der Waals surface area contributed by atoms with Crippen molar-refractivity contribution in [3.05, 3.63) is 90.0 Å². The number of aryl methyl sites for hydroxylation is 1. The molecule has 1 heterocycles. The van der Waals surface area contributed by atoms with Crippen LogP contribution in [0.2, 0.25) is 0 Å². The van der Waals surface area contributed by atoms with Crippen molar-refractivity contribution in [2.75, 3.05) is 12.4 Å². The lowest BCUT2D eigenvalue weighted by atomic mass is 10.1. The summed E-state index contributed by atoms with van der Waals surface area (Å²) in [7, 11) is 1.63. The molecule has 30 heavy (non-hydrogen) atoms. The van der Waals surface area contributed by atoms with Gasteiger partial charge in [0.15, 0.2) is 0 Å². The Morgan fingerprint density at radius 2 is 1.70 bits per heavy atom. The molecule has 6 nitrogen and oxygen atoms in total. The highest BCUT2D eigenvalue weighted by Crippen LogP contribution is 2.29. The lowest BCUT2D eigenvalue weighted by molar-refractivity contribution is 0.0698. The van der Waals surface area contributed by atoms with Crippen molar-refractivity contribution >= 4 is 17.5 Å². The van der Waals surface area contributed by atoms with Gasteiger partial charge in [0, 0.05) is 11.6 Å². The molecule has 1 aromatic heterocycles. The number of aromatic nitrogens is 2. The molecule has 0 bridgehead atoms. The Bertz CT molecular complexity index is 1180. The molecule has 0 saturated heterocycles. The first kappa shape index (κ1) is 19.3. The minimum atomic E-state index is -0.991. The quantitative estimate of drug-likeness (QED) is 0.460. The Kier molecular flexibility index (Phi) is 5.22. The molecule has 6 heteroatoms. The molecule has 4 rings (SSSR count). The number of nitrogens with one attached hydrogen (secondary N) is 1. The molecule has 0 spiro atoms. The van der Waals surface area contributed by atoms with E-state index in [0.717, 1.165) is 28.3 Å². The summed E-state index contributed by atoms with van der Waals surface area (Å²) in [5.74, 6) is 0.443. The van der Waals surface area contributed by atoms with E-state index < -0.39 is 5.97 Å². The van der Waals surface area contributed by atoms with Crippen molar-refractivity contribution in [2.24, 2.45) is 0 Å². The number of aromatic carboxylic acids is 1. The predicted octanol–water partition coefficient (Wildman–Crippen LogP) is 5.30. The Labute approximate surface area is 174 Å². The van der Waals surface area contributed by atoms with Crippen molar-refractivity contribution in [2.45, 2.75) is 6.92 Å². The summed E-state index contributed by atoms with van der Waals surface area (Å²) in [5, 5.41) is 17.5. The highest BCUT2D eigenvalue weighted by Gasteiger charge is 2.15. The van der Waals surface area contributed by atoms with Crippen LogP contribution >= 0.6 is 0 Å². The number of anilines is 2. The van der Waals surface area contributed by atoms with Gasteiger partial charge < -0.3 is 15.2 Å². The van der Waals surface area contributed by atoms with Crippen molar-refractivity contribution in [3.63, 3.8) is 0 Å². The van der Waals surface area contributed by atoms with E-state index in [1.165, 1.54) is 0 Å². The normalized spacial score (nSPS) is 10.6. The Morgan fingerprint density at radius 3 is 2.37 bits per heavy atom. The highest BCUT2D eigenvalue weighted by molar-refractivity contribution is 5.95. The van der Waals surface area contributed by atoms with Gasteiger partial charge in [0.1, 0.15) is 11.6 Å². The number of methoxy groups -OCH3 is 1. The summed E-state index contributed by atoms with van der Waals surface area (Å²) in [6.45, 7) is 2.03. The zero-order valence-corrected chi connectivity index (χ0v) is 16.7. The van der Waals surface area contributed by atoms with Gasteiger partial charge in [-0.1, -0.05) is 29.8 Å². The van der Waals surface area contributed by atoms with Crippen LogP contribution in [0.4, 0.5) is 11.5 Å². The topological polar surface area (TPSA) is 76.4 Å². The third-order valence-corrected chi connectivity index (χ3v) is 4.79. The number of benzene rings is 3. The minimum Gasteiger partial charge on any atom is -0.497 e. The maximum Gasteiger partial charge on any atom is 0.337 e. The first-order chi connectivity index (χ1) is 14.5. The Balaban J connectivity index is 1.80. The van der Waals surface area contributed by atoms with E-state index in [1.807, 2.05) is 61.5 Å². The third kappa shape index (κ3) is 3.89. The van der Waals surface area contributed by atoms with Gasteiger partial charge in [0.05, 0.1) is 29.7 Å². The smallest absolute Gasteiger partial charge is 0.337 e. The molecule has 0 aliphatic heterocycles. The first-order valence-electron chi connectivity index (χ1n) is 9.46. The van der Waals surface area contributed by atoms with Crippen LogP contribution in [0.25, 0.3) is 16.9 Å². The van der Waals surface area contributed by atoms with Crippen LogP contribution < -0.4 is 10.1 Å². The second kappa shape index (κ2) is 8.13. The summed E-state index contributed by atoms with van der Waals surface area (Å²) in [6.07, 6.45) is 0. The van der Waals surface area contributed by atoms with Gasteiger partial charge in [-0.2, -0.15) is 5.10 Å². The number of hydrogen-bond donors (Lipinski definition) is 2. The fourth-order valence-electron chi connectivity index (χ4n) is 3.17. The fraction of sp³-hybridized carbons (Fsp3) is 0.0833. The van der Waals surface area contributed by atoms with Gasteiger partial charge in [0.25, 0.3) is 0 Å². The van der Waals surface area contributed by atoms with Crippen molar-refractivity contribution in [1.82, 2.24) is 9.78 Å². The molecular formula is C24H21N3O3.